The molecule has 1 unspecified atom stereocenters. The highest BCUT2D eigenvalue weighted by molar-refractivity contribution is 7.99. The van der Waals surface area contributed by atoms with Gasteiger partial charge in [-0.05, 0) is 5.92 Å². The van der Waals surface area contributed by atoms with Crippen molar-refractivity contribution in [1.29, 1.82) is 0 Å². The highest BCUT2D eigenvalue weighted by atomic mass is 32.2. The molecule has 0 bridgehead atoms. The molecule has 6 heteroatoms. The fourth-order valence-corrected chi connectivity index (χ4v) is 2.65. The van der Waals surface area contributed by atoms with Crippen molar-refractivity contribution in [1.82, 2.24) is 9.97 Å². The predicted molar refractivity (Wildman–Crippen MR) is 69.1 cm³/mol. The van der Waals surface area contributed by atoms with Crippen LogP contribution in [0.2, 0.25) is 0 Å². The van der Waals surface area contributed by atoms with Crippen molar-refractivity contribution in [3.05, 3.63) is 23.3 Å². The van der Waals surface area contributed by atoms with Gasteiger partial charge in [0, 0.05) is 17.7 Å². The maximum atomic E-state index is 11.1. The van der Waals surface area contributed by atoms with Gasteiger partial charge in [-0.25, -0.2) is 14.8 Å². The molecular formula is C12H16N2O3S. The molecule has 5 nitrogen and oxygen atoms in total. The van der Waals surface area contributed by atoms with Gasteiger partial charge in [-0.1, -0.05) is 13.8 Å². The number of carboxylic acid groups (broad SMARTS) is 1. The van der Waals surface area contributed by atoms with Crippen molar-refractivity contribution in [3.8, 4) is 0 Å². The maximum Gasteiger partial charge on any atom is 0.339 e. The van der Waals surface area contributed by atoms with Crippen LogP contribution in [0.5, 0.6) is 0 Å². The minimum atomic E-state index is -0.982. The molecule has 2 rings (SSSR count). The van der Waals surface area contributed by atoms with Gasteiger partial charge in [0.1, 0.15) is 6.10 Å². The van der Waals surface area contributed by atoms with Crippen LogP contribution in [0.4, 0.5) is 0 Å². The first-order valence-corrected chi connectivity index (χ1v) is 7.04. The van der Waals surface area contributed by atoms with E-state index in [0.717, 1.165) is 11.5 Å². The molecule has 1 aromatic rings. The smallest absolute Gasteiger partial charge is 0.339 e. The molecule has 0 amide bonds. The Morgan fingerprint density at radius 2 is 2.39 bits per heavy atom. The topological polar surface area (TPSA) is 72.3 Å². The fourth-order valence-electron chi connectivity index (χ4n) is 1.81. The quantitative estimate of drug-likeness (QED) is 0.905. The van der Waals surface area contributed by atoms with Gasteiger partial charge in [0.05, 0.1) is 17.9 Å². The van der Waals surface area contributed by atoms with Gasteiger partial charge in [0.2, 0.25) is 0 Å². The highest BCUT2D eigenvalue weighted by Crippen LogP contribution is 2.26. The molecule has 0 saturated carbocycles. The molecule has 1 fully saturated rings. The summed E-state index contributed by atoms with van der Waals surface area (Å²) in [6.07, 6.45) is 1.27. The number of aromatic nitrogens is 2. The Labute approximate surface area is 110 Å². The lowest BCUT2D eigenvalue weighted by atomic mass is 10.1. The van der Waals surface area contributed by atoms with Crippen LogP contribution in [0.1, 0.15) is 47.7 Å². The molecule has 0 spiro atoms. The number of ether oxygens (including phenoxy) is 1. The number of carboxylic acids is 1. The van der Waals surface area contributed by atoms with Gasteiger partial charge in [-0.15, -0.1) is 0 Å². The summed E-state index contributed by atoms with van der Waals surface area (Å²) < 4.78 is 5.61. The largest absolute Gasteiger partial charge is 0.478 e. The number of carbonyl (C=O) groups is 1. The summed E-state index contributed by atoms with van der Waals surface area (Å²) in [5.41, 5.74) is 0.754. The van der Waals surface area contributed by atoms with Crippen LogP contribution >= 0.6 is 11.8 Å². The molecule has 1 aliphatic heterocycles. The van der Waals surface area contributed by atoms with Crippen molar-refractivity contribution in [2.45, 2.75) is 25.9 Å². The third-order valence-corrected chi connectivity index (χ3v) is 3.71. The zero-order chi connectivity index (χ0) is 13.1. The first-order valence-electron chi connectivity index (χ1n) is 5.89. The fraction of sp³-hybridized carbons (Fsp3) is 0.583. The van der Waals surface area contributed by atoms with Crippen LogP contribution in [0, 0.1) is 0 Å². The van der Waals surface area contributed by atoms with E-state index in [1.165, 1.54) is 6.20 Å². The molecule has 0 radical (unpaired) electrons. The van der Waals surface area contributed by atoms with Crippen LogP contribution in [0.15, 0.2) is 6.20 Å². The zero-order valence-electron chi connectivity index (χ0n) is 10.4. The first kappa shape index (κ1) is 13.3. The van der Waals surface area contributed by atoms with Crippen molar-refractivity contribution in [3.63, 3.8) is 0 Å². The van der Waals surface area contributed by atoms with E-state index in [2.05, 4.69) is 9.97 Å². The van der Waals surface area contributed by atoms with Crippen LogP contribution in [0.3, 0.4) is 0 Å². The summed E-state index contributed by atoms with van der Waals surface area (Å²) in [5.74, 6) is 1.47. The highest BCUT2D eigenvalue weighted by Gasteiger charge is 2.23. The van der Waals surface area contributed by atoms with Crippen LogP contribution in [-0.4, -0.2) is 39.2 Å². The number of thioether (sulfide) groups is 1. The van der Waals surface area contributed by atoms with Crippen molar-refractivity contribution >= 4 is 17.7 Å². The third kappa shape index (κ3) is 2.81. The van der Waals surface area contributed by atoms with E-state index < -0.39 is 5.97 Å². The minimum Gasteiger partial charge on any atom is -0.478 e. The van der Waals surface area contributed by atoms with Gasteiger partial charge < -0.3 is 9.84 Å². The van der Waals surface area contributed by atoms with E-state index in [1.54, 1.807) is 11.8 Å². The molecule has 1 N–H and O–H groups in total. The average molecular weight is 268 g/mol. The third-order valence-electron chi connectivity index (χ3n) is 2.72. The van der Waals surface area contributed by atoms with E-state index >= 15 is 0 Å². The Morgan fingerprint density at radius 1 is 1.61 bits per heavy atom. The number of rotatable bonds is 3. The van der Waals surface area contributed by atoms with E-state index in [4.69, 9.17) is 9.84 Å². The molecule has 2 heterocycles. The van der Waals surface area contributed by atoms with Gasteiger partial charge >= 0.3 is 5.97 Å². The molecule has 1 aromatic heterocycles. The normalized spacial score (nSPS) is 20.1. The zero-order valence-corrected chi connectivity index (χ0v) is 11.2. The second-order valence-electron chi connectivity index (χ2n) is 4.42. The summed E-state index contributed by atoms with van der Waals surface area (Å²) in [4.78, 5) is 19.6. The van der Waals surface area contributed by atoms with Gasteiger partial charge in [-0.3, -0.25) is 0 Å². The molecule has 0 aliphatic carbocycles. The summed E-state index contributed by atoms with van der Waals surface area (Å²) in [6.45, 7) is 4.54. The van der Waals surface area contributed by atoms with Crippen LogP contribution < -0.4 is 0 Å². The van der Waals surface area contributed by atoms with Crippen LogP contribution in [0.25, 0.3) is 0 Å². The van der Waals surface area contributed by atoms with E-state index in [0.29, 0.717) is 18.1 Å². The van der Waals surface area contributed by atoms with Crippen molar-refractivity contribution in [2.24, 2.45) is 0 Å². The molecule has 18 heavy (non-hydrogen) atoms. The molecule has 1 aliphatic rings. The second-order valence-corrected chi connectivity index (χ2v) is 5.57. The van der Waals surface area contributed by atoms with Gasteiger partial charge in [0.25, 0.3) is 0 Å². The summed E-state index contributed by atoms with van der Waals surface area (Å²) in [6, 6.07) is 0. The number of hydrogen-bond donors (Lipinski definition) is 1. The number of aromatic carboxylic acids is 1. The average Bonchev–Trinajstić information content (AvgIpc) is 2.39. The van der Waals surface area contributed by atoms with E-state index in [1.807, 2.05) is 13.8 Å². The lowest BCUT2D eigenvalue weighted by molar-refractivity contribution is 0.0669. The predicted octanol–water partition coefficient (Wildman–Crippen LogP) is 2.10. The monoisotopic (exact) mass is 268 g/mol. The number of hydrogen-bond acceptors (Lipinski definition) is 5. The number of nitrogens with zero attached hydrogens (tertiary/aromatic N) is 2. The Bertz CT molecular complexity index is 445. The molecule has 1 saturated heterocycles. The van der Waals surface area contributed by atoms with E-state index in [9.17, 15) is 4.79 Å². The molecule has 98 valence electrons. The maximum absolute atomic E-state index is 11.1. The summed E-state index contributed by atoms with van der Waals surface area (Å²) in [5, 5.41) is 9.10. The lowest BCUT2D eigenvalue weighted by Gasteiger charge is -2.22. The van der Waals surface area contributed by atoms with Gasteiger partial charge in [-0.2, -0.15) is 11.8 Å². The molecule has 0 aromatic carbocycles. The summed E-state index contributed by atoms with van der Waals surface area (Å²) >= 11 is 1.80. The van der Waals surface area contributed by atoms with E-state index in [-0.39, 0.29) is 17.6 Å². The van der Waals surface area contributed by atoms with Crippen molar-refractivity contribution in [2.75, 3.05) is 18.1 Å². The Morgan fingerprint density at radius 3 is 2.94 bits per heavy atom. The SMILES string of the molecule is CC(C)c1nc(C2CSCCO2)ncc1C(=O)O. The van der Waals surface area contributed by atoms with Crippen LogP contribution in [-0.2, 0) is 4.74 Å². The summed E-state index contributed by atoms with van der Waals surface area (Å²) in [7, 11) is 0. The molecule has 1 atom stereocenters. The first-order chi connectivity index (χ1) is 8.59. The Hall–Kier alpha value is -1.14. The van der Waals surface area contributed by atoms with Gasteiger partial charge in [0.15, 0.2) is 5.82 Å². The lowest BCUT2D eigenvalue weighted by Crippen LogP contribution is -2.20. The minimum absolute atomic E-state index is 0.0501. The standard InChI is InChI=1S/C12H16N2O3S/c1-7(2)10-8(12(15)16)5-13-11(14-10)9-6-18-4-3-17-9/h5,7,9H,3-4,6H2,1-2H3,(H,15,16). The Kier molecular flexibility index (Phi) is 4.19. The molecular weight excluding hydrogens is 252 g/mol. The second kappa shape index (κ2) is 5.67. The Balaban J connectivity index is 2.33. The van der Waals surface area contributed by atoms with Crippen molar-refractivity contribution < 1.29 is 14.6 Å².